The molecule has 3 nitrogen and oxygen atoms in total. The largest absolute Gasteiger partial charge is 0.496 e. The van der Waals surface area contributed by atoms with Crippen molar-refractivity contribution >= 4 is 27.3 Å². The topological polar surface area (TPSA) is 48.4 Å². The molecule has 0 spiro atoms. The number of nitrogens with two attached hydrogens (primary N) is 1. The predicted octanol–water partition coefficient (Wildman–Crippen LogP) is 3.16. The molecule has 0 saturated carbocycles. The van der Waals surface area contributed by atoms with Gasteiger partial charge in [-0.2, -0.15) is 0 Å². The van der Waals surface area contributed by atoms with Gasteiger partial charge in [-0.05, 0) is 34.1 Å². The van der Waals surface area contributed by atoms with E-state index in [2.05, 4.69) is 15.9 Å². The van der Waals surface area contributed by atoms with Gasteiger partial charge in [0.15, 0.2) is 4.67 Å². The van der Waals surface area contributed by atoms with Crippen LogP contribution in [0.25, 0.3) is 0 Å². The second-order valence-corrected chi connectivity index (χ2v) is 4.73. The highest BCUT2D eigenvalue weighted by atomic mass is 79.9. The van der Waals surface area contributed by atoms with Crippen molar-refractivity contribution in [3.63, 3.8) is 0 Å². The monoisotopic (exact) mass is 287 g/mol. The third-order valence-corrected chi connectivity index (χ3v) is 3.46. The van der Waals surface area contributed by atoms with Crippen molar-refractivity contribution < 1.29 is 9.15 Å². The zero-order valence-electron chi connectivity index (χ0n) is 8.07. The number of thiophene rings is 1. The van der Waals surface area contributed by atoms with Gasteiger partial charge in [0, 0.05) is 10.3 Å². The van der Waals surface area contributed by atoms with E-state index in [9.17, 15) is 0 Å². The molecule has 80 valence electrons. The predicted molar refractivity (Wildman–Crippen MR) is 63.3 cm³/mol. The molecule has 0 saturated heterocycles. The molecule has 0 aliphatic carbocycles. The molecule has 0 aromatic carbocycles. The lowest BCUT2D eigenvalue weighted by molar-refractivity contribution is 0.416. The molecular weight excluding hydrogens is 278 g/mol. The summed E-state index contributed by atoms with van der Waals surface area (Å²) in [7, 11) is 1.64. The Morgan fingerprint density at radius 3 is 2.87 bits per heavy atom. The molecule has 2 N–H and O–H groups in total. The van der Waals surface area contributed by atoms with Crippen LogP contribution in [0.15, 0.2) is 32.7 Å². The molecule has 2 aromatic rings. The number of ether oxygens (including phenoxy) is 1. The maximum atomic E-state index is 6.04. The Balaban J connectivity index is 2.23. The first-order chi connectivity index (χ1) is 7.20. The summed E-state index contributed by atoms with van der Waals surface area (Å²) in [5, 5.41) is 1.92. The lowest BCUT2D eigenvalue weighted by Gasteiger charge is -2.04. The highest BCUT2D eigenvalue weighted by Crippen LogP contribution is 2.30. The molecular formula is C10H10BrNO2S. The fraction of sp³-hybridized carbons (Fsp3) is 0.200. The summed E-state index contributed by atoms with van der Waals surface area (Å²) in [6.07, 6.45) is 0. The van der Waals surface area contributed by atoms with Crippen LogP contribution in [-0.2, 0) is 0 Å². The standard InChI is InChI=1S/C10H10BrNO2S/c1-13-6-4-8(15-5-6)10(12)7-2-3-9(11)14-7/h2-5,10H,12H2,1H3. The maximum Gasteiger partial charge on any atom is 0.169 e. The van der Waals surface area contributed by atoms with Gasteiger partial charge >= 0.3 is 0 Å². The van der Waals surface area contributed by atoms with Crippen molar-refractivity contribution in [1.82, 2.24) is 0 Å². The first-order valence-corrected chi connectivity index (χ1v) is 6.01. The minimum atomic E-state index is -0.231. The molecule has 0 fully saturated rings. The molecule has 0 amide bonds. The summed E-state index contributed by atoms with van der Waals surface area (Å²) < 4.78 is 11.2. The Morgan fingerprint density at radius 2 is 2.33 bits per heavy atom. The van der Waals surface area contributed by atoms with E-state index >= 15 is 0 Å². The summed E-state index contributed by atoms with van der Waals surface area (Å²) in [5.41, 5.74) is 6.04. The molecule has 2 aromatic heterocycles. The Labute approximate surface area is 100.0 Å². The zero-order valence-corrected chi connectivity index (χ0v) is 10.5. The number of methoxy groups -OCH3 is 1. The van der Waals surface area contributed by atoms with E-state index in [0.29, 0.717) is 4.67 Å². The van der Waals surface area contributed by atoms with Crippen molar-refractivity contribution in [2.24, 2.45) is 5.73 Å². The molecule has 2 rings (SSSR count). The van der Waals surface area contributed by atoms with Crippen LogP contribution in [0.2, 0.25) is 0 Å². The van der Waals surface area contributed by atoms with Crippen molar-refractivity contribution in [3.05, 3.63) is 38.9 Å². The van der Waals surface area contributed by atoms with E-state index in [1.54, 1.807) is 18.4 Å². The third-order valence-electron chi connectivity index (χ3n) is 2.04. The van der Waals surface area contributed by atoms with Crippen LogP contribution >= 0.6 is 27.3 Å². The molecule has 0 radical (unpaired) electrons. The molecule has 2 heterocycles. The van der Waals surface area contributed by atoms with Gasteiger partial charge in [-0.3, -0.25) is 0 Å². The fourth-order valence-electron chi connectivity index (χ4n) is 1.24. The van der Waals surface area contributed by atoms with E-state index in [-0.39, 0.29) is 6.04 Å². The van der Waals surface area contributed by atoms with Gasteiger partial charge in [-0.1, -0.05) is 0 Å². The molecule has 0 aliphatic heterocycles. The Hall–Kier alpha value is -0.780. The average molecular weight is 288 g/mol. The molecule has 5 heteroatoms. The smallest absolute Gasteiger partial charge is 0.169 e. The number of furan rings is 1. The summed E-state index contributed by atoms with van der Waals surface area (Å²) in [6.45, 7) is 0. The number of hydrogen-bond donors (Lipinski definition) is 1. The number of halogens is 1. The van der Waals surface area contributed by atoms with Gasteiger partial charge in [-0.25, -0.2) is 0 Å². The SMILES string of the molecule is COc1csc(C(N)c2ccc(Br)o2)c1. The molecule has 0 aliphatic rings. The van der Waals surface area contributed by atoms with Gasteiger partial charge < -0.3 is 14.9 Å². The van der Waals surface area contributed by atoms with Crippen LogP contribution in [0.3, 0.4) is 0 Å². The first-order valence-electron chi connectivity index (χ1n) is 4.34. The van der Waals surface area contributed by atoms with Crippen molar-refractivity contribution in [2.75, 3.05) is 7.11 Å². The highest BCUT2D eigenvalue weighted by molar-refractivity contribution is 9.10. The quantitative estimate of drug-likeness (QED) is 0.943. The first kappa shape index (κ1) is 10.7. The van der Waals surface area contributed by atoms with Gasteiger partial charge in [0.1, 0.15) is 11.5 Å². The van der Waals surface area contributed by atoms with E-state index in [0.717, 1.165) is 16.4 Å². The minimum absolute atomic E-state index is 0.231. The lowest BCUT2D eigenvalue weighted by Crippen LogP contribution is -2.08. The molecule has 0 bridgehead atoms. The highest BCUT2D eigenvalue weighted by Gasteiger charge is 2.15. The van der Waals surface area contributed by atoms with Crippen LogP contribution in [-0.4, -0.2) is 7.11 Å². The average Bonchev–Trinajstić information content (AvgIpc) is 2.84. The minimum Gasteiger partial charge on any atom is -0.496 e. The van der Waals surface area contributed by atoms with E-state index < -0.39 is 0 Å². The van der Waals surface area contributed by atoms with Gasteiger partial charge in [0.25, 0.3) is 0 Å². The van der Waals surface area contributed by atoms with Crippen LogP contribution in [0.4, 0.5) is 0 Å². The lowest BCUT2D eigenvalue weighted by atomic mass is 10.2. The van der Waals surface area contributed by atoms with Gasteiger partial charge in [-0.15, -0.1) is 11.3 Å². The summed E-state index contributed by atoms with van der Waals surface area (Å²) >= 11 is 4.81. The Bertz CT molecular complexity index is 452. The Kier molecular flexibility index (Phi) is 3.14. The number of rotatable bonds is 3. The van der Waals surface area contributed by atoms with E-state index in [4.69, 9.17) is 14.9 Å². The maximum absolute atomic E-state index is 6.04. The third kappa shape index (κ3) is 2.25. The summed E-state index contributed by atoms with van der Waals surface area (Å²) in [5.74, 6) is 1.57. The van der Waals surface area contributed by atoms with Crippen LogP contribution in [0.1, 0.15) is 16.7 Å². The van der Waals surface area contributed by atoms with Crippen LogP contribution < -0.4 is 10.5 Å². The zero-order chi connectivity index (χ0) is 10.8. The van der Waals surface area contributed by atoms with E-state index in [1.807, 2.05) is 23.6 Å². The number of hydrogen-bond acceptors (Lipinski definition) is 4. The van der Waals surface area contributed by atoms with Crippen LogP contribution in [0, 0.1) is 0 Å². The summed E-state index contributed by atoms with van der Waals surface area (Å²) in [4.78, 5) is 1.02. The fourth-order valence-corrected chi connectivity index (χ4v) is 2.42. The normalized spacial score (nSPS) is 12.7. The Morgan fingerprint density at radius 1 is 1.53 bits per heavy atom. The van der Waals surface area contributed by atoms with Crippen molar-refractivity contribution in [1.29, 1.82) is 0 Å². The molecule has 1 unspecified atom stereocenters. The van der Waals surface area contributed by atoms with E-state index in [1.165, 1.54) is 0 Å². The molecule has 15 heavy (non-hydrogen) atoms. The van der Waals surface area contributed by atoms with Gasteiger partial charge in [0.2, 0.25) is 0 Å². The van der Waals surface area contributed by atoms with Gasteiger partial charge in [0.05, 0.1) is 13.2 Å². The molecule has 1 atom stereocenters. The van der Waals surface area contributed by atoms with Crippen molar-refractivity contribution in [3.8, 4) is 5.75 Å². The van der Waals surface area contributed by atoms with Crippen molar-refractivity contribution in [2.45, 2.75) is 6.04 Å². The second kappa shape index (κ2) is 4.38. The van der Waals surface area contributed by atoms with Crippen LogP contribution in [0.5, 0.6) is 5.75 Å². The summed E-state index contributed by atoms with van der Waals surface area (Å²) in [6, 6.07) is 5.39. The second-order valence-electron chi connectivity index (χ2n) is 3.01.